The highest BCUT2D eigenvalue weighted by atomic mass is 35.5. The second-order valence-corrected chi connectivity index (χ2v) is 9.16. The molecule has 8 heteroatoms. The first-order valence-electron chi connectivity index (χ1n) is 9.00. The Morgan fingerprint density at radius 1 is 0.867 bits per heavy atom. The number of nitrogens with one attached hydrogen (secondary N) is 1. The molecule has 0 radical (unpaired) electrons. The van der Waals surface area contributed by atoms with Gasteiger partial charge in [-0.3, -0.25) is 14.7 Å². The van der Waals surface area contributed by atoms with Crippen LogP contribution in [-0.4, -0.2) is 4.92 Å². The SMILES string of the molecule is O=[N+]([O-])c1cc(Cl)ccc1NP1(=O)C=C(c2ccccc2)OC(c2ccccc2)=C1. The van der Waals surface area contributed by atoms with E-state index in [-0.39, 0.29) is 16.4 Å². The van der Waals surface area contributed by atoms with Gasteiger partial charge in [0.1, 0.15) is 17.2 Å². The lowest BCUT2D eigenvalue weighted by Crippen LogP contribution is -2.04. The van der Waals surface area contributed by atoms with Gasteiger partial charge in [-0.15, -0.1) is 0 Å². The van der Waals surface area contributed by atoms with Crippen LogP contribution < -0.4 is 5.09 Å². The maximum atomic E-state index is 13.8. The summed E-state index contributed by atoms with van der Waals surface area (Å²) in [6, 6.07) is 22.7. The summed E-state index contributed by atoms with van der Waals surface area (Å²) in [5.74, 6) is 3.77. The fourth-order valence-electron chi connectivity index (χ4n) is 3.03. The average molecular weight is 439 g/mol. The van der Waals surface area contributed by atoms with Crippen LogP contribution in [0, 0.1) is 10.1 Å². The number of nitrogens with zero attached hydrogens (tertiary/aromatic N) is 1. The summed E-state index contributed by atoms with van der Waals surface area (Å²) in [5, 5.41) is 14.5. The predicted molar refractivity (Wildman–Crippen MR) is 119 cm³/mol. The molecular formula is C22H16ClN2O4P. The van der Waals surface area contributed by atoms with Gasteiger partial charge in [0.15, 0.2) is 0 Å². The van der Waals surface area contributed by atoms with Crippen LogP contribution in [0.5, 0.6) is 0 Å². The van der Waals surface area contributed by atoms with Gasteiger partial charge < -0.3 is 9.82 Å². The van der Waals surface area contributed by atoms with Crippen molar-refractivity contribution in [2.75, 3.05) is 5.09 Å². The molecule has 4 rings (SSSR count). The van der Waals surface area contributed by atoms with Crippen molar-refractivity contribution in [3.05, 3.63) is 117 Å². The van der Waals surface area contributed by atoms with Gasteiger partial charge >= 0.3 is 0 Å². The Bertz CT molecular complexity index is 1150. The van der Waals surface area contributed by atoms with E-state index >= 15 is 0 Å². The minimum atomic E-state index is -3.41. The Kier molecular flexibility index (Phi) is 5.44. The molecule has 0 aliphatic carbocycles. The first kappa shape index (κ1) is 20.0. The molecular weight excluding hydrogens is 423 g/mol. The number of halogens is 1. The van der Waals surface area contributed by atoms with Gasteiger partial charge in [-0.25, -0.2) is 0 Å². The zero-order valence-electron chi connectivity index (χ0n) is 15.6. The molecule has 0 bridgehead atoms. The number of ether oxygens (including phenoxy) is 1. The molecule has 0 fully saturated rings. The molecule has 0 spiro atoms. The minimum absolute atomic E-state index is 0.113. The maximum Gasteiger partial charge on any atom is 0.294 e. The molecule has 6 nitrogen and oxygen atoms in total. The normalized spacial score (nSPS) is 14.8. The van der Waals surface area contributed by atoms with Gasteiger partial charge in [0.25, 0.3) is 5.69 Å². The second-order valence-electron chi connectivity index (χ2n) is 6.56. The Morgan fingerprint density at radius 2 is 1.40 bits per heavy atom. The van der Waals surface area contributed by atoms with Crippen LogP contribution in [0.25, 0.3) is 11.5 Å². The maximum absolute atomic E-state index is 13.8. The van der Waals surface area contributed by atoms with Crippen molar-refractivity contribution in [1.82, 2.24) is 0 Å². The first-order valence-corrected chi connectivity index (χ1v) is 11.2. The Morgan fingerprint density at radius 3 is 1.90 bits per heavy atom. The van der Waals surface area contributed by atoms with E-state index in [1.807, 2.05) is 60.7 Å². The van der Waals surface area contributed by atoms with E-state index in [4.69, 9.17) is 16.3 Å². The van der Waals surface area contributed by atoms with Crippen molar-refractivity contribution in [1.29, 1.82) is 0 Å². The van der Waals surface area contributed by atoms with E-state index in [1.54, 1.807) is 0 Å². The number of hydrogen-bond acceptors (Lipinski definition) is 4. The molecule has 1 heterocycles. The average Bonchev–Trinajstić information content (AvgIpc) is 2.75. The van der Waals surface area contributed by atoms with E-state index in [9.17, 15) is 14.7 Å². The van der Waals surface area contributed by atoms with Crippen LogP contribution >= 0.6 is 18.9 Å². The summed E-state index contributed by atoms with van der Waals surface area (Å²) in [6.45, 7) is 0. The molecule has 3 aromatic carbocycles. The van der Waals surface area contributed by atoms with Gasteiger partial charge in [0.2, 0.25) is 7.29 Å². The summed E-state index contributed by atoms with van der Waals surface area (Å²) in [7, 11) is -3.41. The smallest absolute Gasteiger partial charge is 0.294 e. The monoisotopic (exact) mass is 438 g/mol. The summed E-state index contributed by atoms with van der Waals surface area (Å²) in [4.78, 5) is 10.9. The van der Waals surface area contributed by atoms with Crippen LogP contribution in [0.3, 0.4) is 0 Å². The van der Waals surface area contributed by atoms with Crippen LogP contribution in [-0.2, 0) is 9.30 Å². The molecule has 3 aromatic rings. The number of rotatable bonds is 5. The van der Waals surface area contributed by atoms with Crippen molar-refractivity contribution in [3.63, 3.8) is 0 Å². The van der Waals surface area contributed by atoms with Crippen molar-refractivity contribution in [2.45, 2.75) is 0 Å². The highest BCUT2D eigenvalue weighted by Gasteiger charge is 2.29. The third kappa shape index (κ3) is 4.30. The number of nitro benzene ring substituents is 1. The zero-order valence-corrected chi connectivity index (χ0v) is 17.2. The van der Waals surface area contributed by atoms with Crippen LogP contribution in [0.15, 0.2) is 90.5 Å². The molecule has 0 saturated carbocycles. The van der Waals surface area contributed by atoms with E-state index in [0.29, 0.717) is 11.5 Å². The van der Waals surface area contributed by atoms with Gasteiger partial charge in [-0.2, -0.15) is 0 Å². The predicted octanol–water partition coefficient (Wildman–Crippen LogP) is 6.97. The van der Waals surface area contributed by atoms with Crippen molar-refractivity contribution >= 4 is 41.8 Å². The fraction of sp³-hybridized carbons (Fsp3) is 0. The minimum Gasteiger partial charge on any atom is -0.456 e. The molecule has 0 atom stereocenters. The molecule has 1 aliphatic heterocycles. The first-order chi connectivity index (χ1) is 14.4. The molecule has 1 N–H and O–H groups in total. The Labute approximate surface area is 178 Å². The lowest BCUT2D eigenvalue weighted by molar-refractivity contribution is -0.383. The van der Waals surface area contributed by atoms with Crippen molar-refractivity contribution < 1.29 is 14.2 Å². The highest BCUT2D eigenvalue weighted by Crippen LogP contribution is 2.57. The zero-order chi connectivity index (χ0) is 21.1. The van der Waals surface area contributed by atoms with E-state index in [1.165, 1.54) is 29.8 Å². The third-order valence-corrected chi connectivity index (χ3v) is 6.47. The number of nitro groups is 1. The van der Waals surface area contributed by atoms with Crippen molar-refractivity contribution in [3.8, 4) is 0 Å². The van der Waals surface area contributed by atoms with E-state index in [2.05, 4.69) is 5.09 Å². The summed E-state index contributed by atoms with van der Waals surface area (Å²) in [6.07, 6.45) is 0. The summed E-state index contributed by atoms with van der Waals surface area (Å²) >= 11 is 5.90. The van der Waals surface area contributed by atoms with E-state index in [0.717, 1.165) is 11.1 Å². The highest BCUT2D eigenvalue weighted by molar-refractivity contribution is 7.72. The molecule has 0 aromatic heterocycles. The molecule has 0 unspecified atom stereocenters. The van der Waals surface area contributed by atoms with Crippen molar-refractivity contribution in [2.24, 2.45) is 0 Å². The van der Waals surface area contributed by atoms with Crippen LogP contribution in [0.2, 0.25) is 5.02 Å². The number of hydrogen-bond donors (Lipinski definition) is 1. The number of anilines is 1. The second kappa shape index (κ2) is 8.19. The van der Waals surface area contributed by atoms with Gasteiger partial charge in [-0.1, -0.05) is 72.3 Å². The molecule has 30 heavy (non-hydrogen) atoms. The third-order valence-electron chi connectivity index (χ3n) is 4.41. The Balaban J connectivity index is 1.81. The molecule has 1 aliphatic rings. The lowest BCUT2D eigenvalue weighted by Gasteiger charge is -2.24. The van der Waals surface area contributed by atoms with Gasteiger partial charge in [0.05, 0.1) is 4.92 Å². The topological polar surface area (TPSA) is 81.5 Å². The molecule has 150 valence electrons. The summed E-state index contributed by atoms with van der Waals surface area (Å²) in [5.41, 5.74) is 1.34. The standard InChI is InChI=1S/C22H16ClN2O4P/c23-18-11-12-19(20(13-18)25(26)27)24-30(28)14-21(16-7-3-1-4-8-16)29-22(15-30)17-9-5-2-6-10-17/h1-15H,(H,24,28). The largest absolute Gasteiger partial charge is 0.456 e. The molecule has 0 saturated heterocycles. The number of benzene rings is 3. The lowest BCUT2D eigenvalue weighted by atomic mass is 10.2. The van der Waals surface area contributed by atoms with Gasteiger partial charge in [0, 0.05) is 33.9 Å². The van der Waals surface area contributed by atoms with Crippen LogP contribution in [0.1, 0.15) is 11.1 Å². The van der Waals surface area contributed by atoms with E-state index < -0.39 is 12.2 Å². The Hall–Kier alpha value is -3.34. The fourth-order valence-corrected chi connectivity index (χ4v) is 5.07. The van der Waals surface area contributed by atoms with Gasteiger partial charge in [-0.05, 0) is 12.1 Å². The summed E-state index contributed by atoms with van der Waals surface area (Å²) < 4.78 is 19.9. The molecule has 0 amide bonds. The van der Waals surface area contributed by atoms with Crippen LogP contribution in [0.4, 0.5) is 11.4 Å². The quantitative estimate of drug-likeness (QED) is 0.264.